The van der Waals surface area contributed by atoms with Crippen LogP contribution in [0.15, 0.2) is 37.1 Å². The lowest BCUT2D eigenvalue weighted by atomic mass is 10.1. The Balaban J connectivity index is 3.21. The summed E-state index contributed by atoms with van der Waals surface area (Å²) in [5.41, 5.74) is -0.234. The second-order valence-electron chi connectivity index (χ2n) is 3.21. The molecule has 8 heteroatoms. The van der Waals surface area contributed by atoms with Crippen LogP contribution in [0.5, 0.6) is 5.75 Å². The SMILES string of the molecule is C=CC(=O)Oc1ccc([N+](=O)[O-])cc1C=C[N+](=O)[O-]. The highest BCUT2D eigenvalue weighted by molar-refractivity contribution is 5.84. The number of ether oxygens (including phenoxy) is 1. The second kappa shape index (κ2) is 6.05. The van der Waals surface area contributed by atoms with Crippen LogP contribution in [-0.2, 0) is 4.79 Å². The molecule has 1 aromatic carbocycles. The Kier molecular flexibility index (Phi) is 4.47. The summed E-state index contributed by atoms with van der Waals surface area (Å²) in [6.07, 6.45) is 2.49. The van der Waals surface area contributed by atoms with Gasteiger partial charge >= 0.3 is 5.97 Å². The van der Waals surface area contributed by atoms with Gasteiger partial charge in [-0.2, -0.15) is 0 Å². The molecule has 0 bridgehead atoms. The van der Waals surface area contributed by atoms with Crippen molar-refractivity contribution in [2.45, 2.75) is 0 Å². The van der Waals surface area contributed by atoms with E-state index in [9.17, 15) is 25.0 Å². The molecule has 0 aromatic heterocycles. The highest BCUT2D eigenvalue weighted by atomic mass is 16.6. The van der Waals surface area contributed by atoms with Gasteiger partial charge in [-0.15, -0.1) is 0 Å². The van der Waals surface area contributed by atoms with Crippen molar-refractivity contribution in [1.82, 2.24) is 0 Å². The van der Waals surface area contributed by atoms with Crippen LogP contribution in [0.3, 0.4) is 0 Å². The standard InChI is InChI=1S/C11H8N2O6/c1-2-11(14)19-10-4-3-9(13(17)18)7-8(10)5-6-12(15)16/h2-7H,1H2. The highest BCUT2D eigenvalue weighted by Crippen LogP contribution is 2.25. The molecule has 0 aliphatic carbocycles. The van der Waals surface area contributed by atoms with Crippen LogP contribution < -0.4 is 4.74 Å². The van der Waals surface area contributed by atoms with Gasteiger partial charge < -0.3 is 4.74 Å². The molecule has 0 aliphatic rings. The lowest BCUT2D eigenvalue weighted by molar-refractivity contribution is -0.401. The first-order valence-corrected chi connectivity index (χ1v) is 4.88. The predicted molar refractivity (Wildman–Crippen MR) is 65.0 cm³/mol. The van der Waals surface area contributed by atoms with Crippen LogP contribution in [0.4, 0.5) is 5.69 Å². The largest absolute Gasteiger partial charge is 0.423 e. The summed E-state index contributed by atoms with van der Waals surface area (Å²) in [5.74, 6) is -0.807. The number of rotatable bonds is 5. The molecule has 0 spiro atoms. The van der Waals surface area contributed by atoms with Crippen molar-refractivity contribution in [1.29, 1.82) is 0 Å². The maximum Gasteiger partial charge on any atom is 0.335 e. The number of carbonyl (C=O) groups is 1. The second-order valence-corrected chi connectivity index (χ2v) is 3.21. The fourth-order valence-corrected chi connectivity index (χ4v) is 1.16. The maximum atomic E-state index is 11.1. The minimum absolute atomic E-state index is 0.0337. The van der Waals surface area contributed by atoms with Gasteiger partial charge in [-0.05, 0) is 6.07 Å². The molecule has 0 atom stereocenters. The molecule has 0 heterocycles. The van der Waals surface area contributed by atoms with Crippen LogP contribution in [0.25, 0.3) is 6.08 Å². The third-order valence-corrected chi connectivity index (χ3v) is 1.96. The number of nitro groups is 2. The Morgan fingerprint density at radius 3 is 2.53 bits per heavy atom. The van der Waals surface area contributed by atoms with E-state index < -0.39 is 15.8 Å². The number of hydrogen-bond donors (Lipinski definition) is 0. The van der Waals surface area contributed by atoms with Crippen LogP contribution in [0, 0.1) is 20.2 Å². The van der Waals surface area contributed by atoms with Crippen molar-refractivity contribution in [2.24, 2.45) is 0 Å². The molecule has 0 N–H and O–H groups in total. The van der Waals surface area contributed by atoms with Crippen LogP contribution in [-0.4, -0.2) is 15.8 Å². The van der Waals surface area contributed by atoms with Crippen molar-refractivity contribution < 1.29 is 19.4 Å². The van der Waals surface area contributed by atoms with Gasteiger partial charge in [0.05, 0.1) is 9.85 Å². The van der Waals surface area contributed by atoms with Gasteiger partial charge in [0.25, 0.3) is 5.69 Å². The molecule has 0 fully saturated rings. The highest BCUT2D eigenvalue weighted by Gasteiger charge is 2.12. The molecular weight excluding hydrogens is 256 g/mol. The Labute approximate surface area is 106 Å². The van der Waals surface area contributed by atoms with Gasteiger partial charge in [-0.25, -0.2) is 4.79 Å². The molecule has 19 heavy (non-hydrogen) atoms. The zero-order valence-electron chi connectivity index (χ0n) is 9.52. The van der Waals surface area contributed by atoms with E-state index in [4.69, 9.17) is 4.74 Å². The summed E-state index contributed by atoms with van der Waals surface area (Å²) in [6, 6.07) is 3.36. The topological polar surface area (TPSA) is 113 Å². The molecule has 0 saturated carbocycles. The summed E-state index contributed by atoms with van der Waals surface area (Å²) in [5, 5.41) is 20.8. The van der Waals surface area contributed by atoms with E-state index in [0.29, 0.717) is 6.20 Å². The Morgan fingerprint density at radius 1 is 1.32 bits per heavy atom. The van der Waals surface area contributed by atoms with E-state index >= 15 is 0 Å². The molecule has 0 saturated heterocycles. The lowest BCUT2D eigenvalue weighted by Crippen LogP contribution is -2.04. The third-order valence-electron chi connectivity index (χ3n) is 1.96. The summed E-state index contributed by atoms with van der Waals surface area (Å²) < 4.78 is 4.81. The van der Waals surface area contributed by atoms with Crippen molar-refractivity contribution in [3.63, 3.8) is 0 Å². The summed E-state index contributed by atoms with van der Waals surface area (Å²) in [6.45, 7) is 3.20. The first kappa shape index (κ1) is 14.0. The zero-order valence-corrected chi connectivity index (χ0v) is 9.52. The number of esters is 1. The molecule has 1 aromatic rings. The number of benzene rings is 1. The Hall–Kier alpha value is -3.03. The molecule has 1 rings (SSSR count). The minimum atomic E-state index is -0.774. The fourth-order valence-electron chi connectivity index (χ4n) is 1.16. The maximum absolute atomic E-state index is 11.1. The van der Waals surface area contributed by atoms with Gasteiger partial charge in [-0.3, -0.25) is 20.2 Å². The molecular formula is C11H8N2O6. The Bertz CT molecular complexity index is 579. The molecule has 8 nitrogen and oxygen atoms in total. The van der Waals surface area contributed by atoms with E-state index in [-0.39, 0.29) is 17.0 Å². The summed E-state index contributed by atoms with van der Waals surface area (Å²) in [7, 11) is 0. The molecule has 0 radical (unpaired) electrons. The van der Waals surface area contributed by atoms with Gasteiger partial charge in [0.2, 0.25) is 6.20 Å². The van der Waals surface area contributed by atoms with Crippen LogP contribution in [0.1, 0.15) is 5.56 Å². The number of non-ortho nitro benzene ring substituents is 1. The number of nitro benzene ring substituents is 1. The van der Waals surface area contributed by atoms with Crippen molar-refractivity contribution in [3.05, 3.63) is 62.8 Å². The van der Waals surface area contributed by atoms with E-state index in [1.807, 2.05) is 0 Å². The minimum Gasteiger partial charge on any atom is -0.423 e. The van der Waals surface area contributed by atoms with Crippen LogP contribution in [0.2, 0.25) is 0 Å². The van der Waals surface area contributed by atoms with Gasteiger partial charge in [0.15, 0.2) is 0 Å². The average Bonchev–Trinajstić information content (AvgIpc) is 2.36. The lowest BCUT2D eigenvalue weighted by Gasteiger charge is -2.04. The monoisotopic (exact) mass is 264 g/mol. The summed E-state index contributed by atoms with van der Waals surface area (Å²) >= 11 is 0. The fraction of sp³-hybridized carbons (Fsp3) is 0. The zero-order chi connectivity index (χ0) is 14.4. The van der Waals surface area contributed by atoms with Crippen LogP contribution >= 0.6 is 0 Å². The van der Waals surface area contributed by atoms with E-state index in [1.165, 1.54) is 6.07 Å². The van der Waals surface area contributed by atoms with Crippen molar-refractivity contribution in [3.8, 4) is 5.75 Å². The third kappa shape index (κ3) is 4.04. The smallest absolute Gasteiger partial charge is 0.335 e. The average molecular weight is 264 g/mol. The van der Waals surface area contributed by atoms with E-state index in [1.54, 1.807) is 0 Å². The summed E-state index contributed by atoms with van der Waals surface area (Å²) in [4.78, 5) is 30.5. The number of nitrogens with zero attached hydrogens (tertiary/aromatic N) is 2. The first-order chi connectivity index (χ1) is 8.93. The van der Waals surface area contributed by atoms with E-state index in [0.717, 1.165) is 24.3 Å². The quantitative estimate of drug-likeness (QED) is 0.264. The number of carbonyl (C=O) groups excluding carboxylic acids is 1. The molecule has 98 valence electrons. The van der Waals surface area contributed by atoms with Crippen molar-refractivity contribution in [2.75, 3.05) is 0 Å². The van der Waals surface area contributed by atoms with Gasteiger partial charge in [0.1, 0.15) is 5.75 Å². The molecule has 0 unspecified atom stereocenters. The van der Waals surface area contributed by atoms with Gasteiger partial charge in [0, 0.05) is 29.8 Å². The molecule has 0 aliphatic heterocycles. The molecule has 0 amide bonds. The predicted octanol–water partition coefficient (Wildman–Crippen LogP) is 1.93. The Morgan fingerprint density at radius 2 is 2.00 bits per heavy atom. The number of hydrogen-bond acceptors (Lipinski definition) is 6. The normalized spacial score (nSPS) is 10.1. The van der Waals surface area contributed by atoms with Crippen molar-refractivity contribution >= 4 is 17.7 Å². The van der Waals surface area contributed by atoms with Gasteiger partial charge in [-0.1, -0.05) is 6.58 Å². The van der Waals surface area contributed by atoms with E-state index in [2.05, 4.69) is 6.58 Å². The first-order valence-electron chi connectivity index (χ1n) is 4.88.